The van der Waals surface area contributed by atoms with Crippen molar-refractivity contribution in [2.24, 2.45) is 0 Å². The van der Waals surface area contributed by atoms with Gasteiger partial charge in [-0.25, -0.2) is 0 Å². The van der Waals surface area contributed by atoms with Crippen LogP contribution < -0.4 is 0 Å². The Balaban J connectivity index is 2.46. The van der Waals surface area contributed by atoms with E-state index in [2.05, 4.69) is 0 Å². The summed E-state index contributed by atoms with van der Waals surface area (Å²) in [5, 5.41) is 0.236. The molecule has 3 atom stereocenters. The van der Waals surface area contributed by atoms with Crippen LogP contribution in [0.2, 0.25) is 0 Å². The van der Waals surface area contributed by atoms with Crippen LogP contribution in [0.15, 0.2) is 11.8 Å². The third-order valence-corrected chi connectivity index (χ3v) is 4.45. The van der Waals surface area contributed by atoms with Crippen molar-refractivity contribution in [2.75, 3.05) is 5.75 Å². The predicted molar refractivity (Wildman–Crippen MR) is 60.6 cm³/mol. The topological polar surface area (TPSA) is 26.3 Å². The lowest BCUT2D eigenvalue weighted by Crippen LogP contribution is -2.33. The first-order valence-corrected chi connectivity index (χ1v) is 6.65. The number of allylic oxidation sites excluding steroid dienone is 1. The summed E-state index contributed by atoms with van der Waals surface area (Å²) in [6.07, 6.45) is 5.21. The number of rotatable bonds is 3. The van der Waals surface area contributed by atoms with Gasteiger partial charge in [-0.05, 0) is 39.2 Å². The first-order valence-electron chi connectivity index (χ1n) is 5.27. The smallest absolute Gasteiger partial charge is 0.109 e. The largest absolute Gasteiger partial charge is 0.497 e. The fourth-order valence-electron chi connectivity index (χ4n) is 1.65. The van der Waals surface area contributed by atoms with Crippen molar-refractivity contribution in [3.63, 3.8) is 0 Å². The molecule has 1 aliphatic heterocycles. The second kappa shape index (κ2) is 5.54. The van der Waals surface area contributed by atoms with Gasteiger partial charge in [0.15, 0.2) is 0 Å². The summed E-state index contributed by atoms with van der Waals surface area (Å²) in [5.74, 6) is 0.854. The molecule has 0 saturated carbocycles. The summed E-state index contributed by atoms with van der Waals surface area (Å²) in [6.45, 7) is 6.03. The third-order valence-electron chi connectivity index (χ3n) is 2.46. The highest BCUT2D eigenvalue weighted by molar-refractivity contribution is 7.85. The van der Waals surface area contributed by atoms with E-state index in [0.717, 1.165) is 24.2 Å². The molecular formula is C11H20O2S. The van der Waals surface area contributed by atoms with E-state index in [1.807, 2.05) is 20.8 Å². The summed E-state index contributed by atoms with van der Waals surface area (Å²) in [4.78, 5) is 0. The lowest BCUT2D eigenvalue weighted by Gasteiger charge is -2.26. The summed E-state index contributed by atoms with van der Waals surface area (Å²) >= 11 is 0. The molecule has 3 unspecified atom stereocenters. The van der Waals surface area contributed by atoms with Crippen LogP contribution in [0.25, 0.3) is 0 Å². The first kappa shape index (κ1) is 11.8. The van der Waals surface area contributed by atoms with Gasteiger partial charge in [0.2, 0.25) is 0 Å². The van der Waals surface area contributed by atoms with Gasteiger partial charge in [-0.15, -0.1) is 0 Å². The SMILES string of the molecule is CC(C)=COC(C)C1CCCCS1=O. The van der Waals surface area contributed by atoms with Crippen LogP contribution in [-0.4, -0.2) is 21.3 Å². The molecule has 82 valence electrons. The van der Waals surface area contributed by atoms with Crippen molar-refractivity contribution < 1.29 is 8.95 Å². The number of ether oxygens (including phenoxy) is 1. The molecule has 3 heteroatoms. The molecule has 1 heterocycles. The van der Waals surface area contributed by atoms with Gasteiger partial charge in [-0.3, -0.25) is 4.21 Å². The lowest BCUT2D eigenvalue weighted by molar-refractivity contribution is 0.150. The standard InChI is InChI=1S/C11H20O2S/c1-9(2)8-13-10(3)11-6-4-5-7-14(11)12/h8,10-11H,4-7H2,1-3H3. The lowest BCUT2D eigenvalue weighted by atomic mass is 10.1. The van der Waals surface area contributed by atoms with Crippen LogP contribution in [0.4, 0.5) is 0 Å². The molecule has 14 heavy (non-hydrogen) atoms. The van der Waals surface area contributed by atoms with E-state index in [1.165, 1.54) is 6.42 Å². The van der Waals surface area contributed by atoms with Crippen molar-refractivity contribution in [3.05, 3.63) is 11.8 Å². The maximum absolute atomic E-state index is 11.7. The van der Waals surface area contributed by atoms with E-state index in [1.54, 1.807) is 6.26 Å². The first-order chi connectivity index (χ1) is 6.61. The normalized spacial score (nSPS) is 29.4. The maximum Gasteiger partial charge on any atom is 0.109 e. The van der Waals surface area contributed by atoms with Crippen molar-refractivity contribution >= 4 is 10.8 Å². The average molecular weight is 216 g/mol. The fraction of sp³-hybridized carbons (Fsp3) is 0.818. The van der Waals surface area contributed by atoms with E-state index in [9.17, 15) is 4.21 Å². The Bertz CT molecular complexity index is 231. The maximum atomic E-state index is 11.7. The molecule has 1 saturated heterocycles. The van der Waals surface area contributed by atoms with Gasteiger partial charge in [0, 0.05) is 16.6 Å². The van der Waals surface area contributed by atoms with Crippen LogP contribution in [0.3, 0.4) is 0 Å². The van der Waals surface area contributed by atoms with Crippen LogP contribution >= 0.6 is 0 Å². The zero-order valence-electron chi connectivity index (χ0n) is 9.29. The zero-order chi connectivity index (χ0) is 10.6. The molecule has 1 aliphatic rings. The van der Waals surface area contributed by atoms with Crippen LogP contribution in [0, 0.1) is 0 Å². The van der Waals surface area contributed by atoms with E-state index in [4.69, 9.17) is 4.74 Å². The van der Waals surface area contributed by atoms with E-state index in [-0.39, 0.29) is 11.4 Å². The van der Waals surface area contributed by atoms with Gasteiger partial charge in [0.1, 0.15) is 6.10 Å². The van der Waals surface area contributed by atoms with Crippen LogP contribution in [0.1, 0.15) is 40.0 Å². The van der Waals surface area contributed by atoms with Crippen molar-refractivity contribution in [1.29, 1.82) is 0 Å². The summed E-state index contributed by atoms with van der Waals surface area (Å²) in [7, 11) is -0.677. The predicted octanol–water partition coefficient (Wildman–Crippen LogP) is 2.62. The highest BCUT2D eigenvalue weighted by Gasteiger charge is 2.26. The monoisotopic (exact) mass is 216 g/mol. The van der Waals surface area contributed by atoms with E-state index < -0.39 is 10.8 Å². The number of hydrogen-bond acceptors (Lipinski definition) is 2. The second-order valence-corrected chi connectivity index (χ2v) is 5.93. The molecule has 0 aliphatic carbocycles. The summed E-state index contributed by atoms with van der Waals surface area (Å²) in [5.41, 5.74) is 1.15. The Hall–Kier alpha value is -0.310. The molecule has 0 N–H and O–H groups in total. The van der Waals surface area contributed by atoms with Gasteiger partial charge < -0.3 is 4.74 Å². The van der Waals surface area contributed by atoms with Gasteiger partial charge in [0.25, 0.3) is 0 Å². The Labute approximate surface area is 89.2 Å². The number of hydrogen-bond donors (Lipinski definition) is 0. The van der Waals surface area contributed by atoms with Crippen molar-refractivity contribution in [3.8, 4) is 0 Å². The highest BCUT2D eigenvalue weighted by atomic mass is 32.2. The zero-order valence-corrected chi connectivity index (χ0v) is 10.1. The molecule has 0 aromatic rings. The third kappa shape index (κ3) is 3.45. The Kier molecular flexibility index (Phi) is 4.66. The summed E-state index contributed by atoms with van der Waals surface area (Å²) < 4.78 is 17.2. The molecule has 2 nitrogen and oxygen atoms in total. The summed E-state index contributed by atoms with van der Waals surface area (Å²) in [6, 6.07) is 0. The second-order valence-electron chi connectivity index (χ2n) is 4.16. The molecule has 0 spiro atoms. The minimum absolute atomic E-state index is 0.0889. The van der Waals surface area contributed by atoms with Crippen molar-refractivity contribution in [1.82, 2.24) is 0 Å². The molecule has 0 aromatic heterocycles. The Morgan fingerprint density at radius 3 is 2.79 bits per heavy atom. The quantitative estimate of drug-likeness (QED) is 0.678. The molecule has 0 bridgehead atoms. The minimum Gasteiger partial charge on any atom is -0.497 e. The molecule has 0 radical (unpaired) electrons. The van der Waals surface area contributed by atoms with Gasteiger partial charge in [-0.1, -0.05) is 6.42 Å². The average Bonchev–Trinajstić information content (AvgIpc) is 2.15. The molecule has 0 aromatic carbocycles. The van der Waals surface area contributed by atoms with Crippen molar-refractivity contribution in [2.45, 2.75) is 51.4 Å². The molecule has 1 fully saturated rings. The molecule has 0 amide bonds. The van der Waals surface area contributed by atoms with Gasteiger partial charge in [-0.2, -0.15) is 0 Å². The van der Waals surface area contributed by atoms with Crippen LogP contribution in [-0.2, 0) is 15.5 Å². The van der Waals surface area contributed by atoms with Crippen LogP contribution in [0.5, 0.6) is 0 Å². The van der Waals surface area contributed by atoms with E-state index in [0.29, 0.717) is 0 Å². The molecular weight excluding hydrogens is 196 g/mol. The van der Waals surface area contributed by atoms with Gasteiger partial charge >= 0.3 is 0 Å². The fourth-order valence-corrected chi connectivity index (χ4v) is 3.36. The molecule has 1 rings (SSSR count). The Morgan fingerprint density at radius 1 is 1.50 bits per heavy atom. The van der Waals surface area contributed by atoms with Gasteiger partial charge in [0.05, 0.1) is 11.5 Å². The highest BCUT2D eigenvalue weighted by Crippen LogP contribution is 2.21. The minimum atomic E-state index is -0.677. The van der Waals surface area contributed by atoms with E-state index >= 15 is 0 Å². The Morgan fingerprint density at radius 2 is 2.21 bits per heavy atom.